The summed E-state index contributed by atoms with van der Waals surface area (Å²) in [5.41, 5.74) is 9.16. The van der Waals surface area contributed by atoms with Gasteiger partial charge in [-0.05, 0) is 62.7 Å². The molecule has 0 radical (unpaired) electrons. The van der Waals surface area contributed by atoms with Gasteiger partial charge >= 0.3 is 0 Å². The SMILES string of the molecule is CCc1ccc(C(N)C(C)N2CCCC(C)CC2)cc1. The van der Waals surface area contributed by atoms with E-state index >= 15 is 0 Å². The van der Waals surface area contributed by atoms with Crippen LogP contribution in [-0.2, 0) is 6.42 Å². The lowest BCUT2D eigenvalue weighted by atomic mass is 9.98. The van der Waals surface area contributed by atoms with Crippen LogP contribution in [0.3, 0.4) is 0 Å². The van der Waals surface area contributed by atoms with E-state index in [4.69, 9.17) is 5.73 Å². The Kier molecular flexibility index (Phi) is 5.62. The molecule has 1 saturated heterocycles. The van der Waals surface area contributed by atoms with Crippen LogP contribution in [0.4, 0.5) is 0 Å². The van der Waals surface area contributed by atoms with Crippen LogP contribution in [0.25, 0.3) is 0 Å². The van der Waals surface area contributed by atoms with E-state index in [1.807, 2.05) is 0 Å². The fourth-order valence-corrected chi connectivity index (χ4v) is 3.17. The second-order valence-corrected chi connectivity index (χ2v) is 6.43. The van der Waals surface area contributed by atoms with Crippen LogP contribution >= 0.6 is 0 Å². The van der Waals surface area contributed by atoms with Crippen LogP contribution in [0, 0.1) is 5.92 Å². The highest BCUT2D eigenvalue weighted by atomic mass is 15.2. The number of hydrogen-bond acceptors (Lipinski definition) is 2. The van der Waals surface area contributed by atoms with Crippen molar-refractivity contribution in [1.82, 2.24) is 4.90 Å². The summed E-state index contributed by atoms with van der Waals surface area (Å²) < 4.78 is 0. The number of hydrogen-bond donors (Lipinski definition) is 1. The third-order valence-corrected chi connectivity index (χ3v) is 4.92. The molecule has 20 heavy (non-hydrogen) atoms. The molecule has 2 nitrogen and oxygen atoms in total. The maximum Gasteiger partial charge on any atom is 0.0450 e. The summed E-state index contributed by atoms with van der Waals surface area (Å²) in [4.78, 5) is 2.59. The summed E-state index contributed by atoms with van der Waals surface area (Å²) in [5.74, 6) is 0.868. The molecule has 2 N–H and O–H groups in total. The Morgan fingerprint density at radius 3 is 2.55 bits per heavy atom. The Morgan fingerprint density at radius 2 is 1.90 bits per heavy atom. The van der Waals surface area contributed by atoms with Gasteiger partial charge in [-0.25, -0.2) is 0 Å². The molecule has 3 unspecified atom stereocenters. The van der Waals surface area contributed by atoms with Crippen LogP contribution in [-0.4, -0.2) is 24.0 Å². The van der Waals surface area contributed by atoms with Crippen LogP contribution in [0.15, 0.2) is 24.3 Å². The zero-order chi connectivity index (χ0) is 14.5. The highest BCUT2D eigenvalue weighted by Crippen LogP contribution is 2.24. The van der Waals surface area contributed by atoms with Gasteiger partial charge < -0.3 is 5.73 Å². The van der Waals surface area contributed by atoms with Crippen molar-refractivity contribution in [3.05, 3.63) is 35.4 Å². The minimum Gasteiger partial charge on any atom is -0.323 e. The largest absolute Gasteiger partial charge is 0.323 e. The number of likely N-dealkylation sites (tertiary alicyclic amines) is 1. The van der Waals surface area contributed by atoms with Crippen LogP contribution in [0.1, 0.15) is 57.2 Å². The Labute approximate surface area is 124 Å². The molecule has 112 valence electrons. The molecule has 1 aliphatic rings. The number of benzene rings is 1. The average Bonchev–Trinajstić information content (AvgIpc) is 2.70. The minimum absolute atomic E-state index is 0.120. The Morgan fingerprint density at radius 1 is 1.20 bits per heavy atom. The quantitative estimate of drug-likeness (QED) is 0.906. The predicted molar refractivity (Wildman–Crippen MR) is 86.8 cm³/mol. The van der Waals surface area contributed by atoms with Crippen molar-refractivity contribution >= 4 is 0 Å². The lowest BCUT2D eigenvalue weighted by Gasteiger charge is -2.32. The van der Waals surface area contributed by atoms with Crippen molar-refractivity contribution in [2.45, 2.75) is 58.5 Å². The molecule has 3 atom stereocenters. The molecule has 0 aliphatic carbocycles. The first kappa shape index (κ1) is 15.5. The zero-order valence-electron chi connectivity index (χ0n) is 13.3. The molecule has 0 aromatic heterocycles. The normalized spacial score (nSPS) is 24.1. The van der Waals surface area contributed by atoms with Gasteiger partial charge in [0.15, 0.2) is 0 Å². The number of nitrogens with two attached hydrogens (primary N) is 1. The first-order valence-electron chi connectivity index (χ1n) is 8.20. The van der Waals surface area contributed by atoms with Crippen LogP contribution in [0.2, 0.25) is 0 Å². The summed E-state index contributed by atoms with van der Waals surface area (Å²) in [6.07, 6.45) is 5.08. The van der Waals surface area contributed by atoms with Gasteiger partial charge in [-0.15, -0.1) is 0 Å². The monoisotopic (exact) mass is 274 g/mol. The lowest BCUT2D eigenvalue weighted by molar-refractivity contribution is 0.189. The van der Waals surface area contributed by atoms with Gasteiger partial charge in [0, 0.05) is 12.1 Å². The van der Waals surface area contributed by atoms with Crippen molar-refractivity contribution < 1.29 is 0 Å². The van der Waals surface area contributed by atoms with E-state index in [2.05, 4.69) is 49.9 Å². The molecule has 1 aliphatic heterocycles. The van der Waals surface area contributed by atoms with Gasteiger partial charge in [0.05, 0.1) is 0 Å². The Bertz CT molecular complexity index is 398. The van der Waals surface area contributed by atoms with Gasteiger partial charge in [-0.2, -0.15) is 0 Å². The fourth-order valence-electron chi connectivity index (χ4n) is 3.17. The molecule has 1 aromatic carbocycles. The summed E-state index contributed by atoms with van der Waals surface area (Å²) in [7, 11) is 0. The molecule has 1 heterocycles. The zero-order valence-corrected chi connectivity index (χ0v) is 13.3. The molecular formula is C18H30N2. The third-order valence-electron chi connectivity index (χ3n) is 4.92. The fraction of sp³-hybridized carbons (Fsp3) is 0.667. The number of aryl methyl sites for hydroxylation is 1. The van der Waals surface area contributed by atoms with Gasteiger partial charge in [0.25, 0.3) is 0 Å². The maximum atomic E-state index is 6.50. The lowest BCUT2D eigenvalue weighted by Crippen LogP contribution is -2.41. The standard InChI is InChI=1S/C18H30N2/c1-4-16-7-9-17(10-8-16)18(19)15(3)20-12-5-6-14(2)11-13-20/h7-10,14-15,18H,4-6,11-13,19H2,1-3H3. The predicted octanol–water partition coefficient (Wildman–Crippen LogP) is 3.76. The van der Waals surface area contributed by atoms with Gasteiger partial charge in [-0.3, -0.25) is 4.90 Å². The summed E-state index contributed by atoms with van der Waals surface area (Å²) in [5, 5.41) is 0. The molecule has 2 heteroatoms. The van der Waals surface area contributed by atoms with E-state index in [0.717, 1.165) is 12.3 Å². The summed E-state index contributed by atoms with van der Waals surface area (Å²) in [6.45, 7) is 9.25. The van der Waals surface area contributed by atoms with E-state index < -0.39 is 0 Å². The molecule has 0 spiro atoms. The minimum atomic E-state index is 0.120. The third kappa shape index (κ3) is 3.83. The van der Waals surface area contributed by atoms with E-state index in [1.54, 1.807) is 0 Å². The van der Waals surface area contributed by atoms with E-state index in [0.29, 0.717) is 6.04 Å². The Balaban J connectivity index is 2.01. The van der Waals surface area contributed by atoms with E-state index in [9.17, 15) is 0 Å². The first-order chi connectivity index (χ1) is 9.61. The van der Waals surface area contributed by atoms with Crippen LogP contribution < -0.4 is 5.73 Å². The van der Waals surface area contributed by atoms with Crippen LogP contribution in [0.5, 0.6) is 0 Å². The second-order valence-electron chi connectivity index (χ2n) is 6.43. The average molecular weight is 274 g/mol. The van der Waals surface area contributed by atoms with Crippen molar-refractivity contribution in [2.75, 3.05) is 13.1 Å². The Hall–Kier alpha value is -0.860. The molecule has 1 fully saturated rings. The molecule has 0 amide bonds. The van der Waals surface area contributed by atoms with E-state index in [1.165, 1.54) is 43.5 Å². The maximum absolute atomic E-state index is 6.50. The highest BCUT2D eigenvalue weighted by Gasteiger charge is 2.23. The summed E-state index contributed by atoms with van der Waals surface area (Å²) >= 11 is 0. The van der Waals surface area contributed by atoms with Gasteiger partial charge in [-0.1, -0.05) is 38.1 Å². The van der Waals surface area contributed by atoms with E-state index in [-0.39, 0.29) is 6.04 Å². The molecule has 0 saturated carbocycles. The number of nitrogens with zero attached hydrogens (tertiary/aromatic N) is 1. The smallest absolute Gasteiger partial charge is 0.0450 e. The molecule has 1 aromatic rings. The molecular weight excluding hydrogens is 244 g/mol. The van der Waals surface area contributed by atoms with Gasteiger partial charge in [0.2, 0.25) is 0 Å². The second kappa shape index (κ2) is 7.24. The molecule has 2 rings (SSSR count). The van der Waals surface area contributed by atoms with Crippen molar-refractivity contribution in [3.63, 3.8) is 0 Å². The van der Waals surface area contributed by atoms with Crippen molar-refractivity contribution in [1.29, 1.82) is 0 Å². The molecule has 0 bridgehead atoms. The van der Waals surface area contributed by atoms with Crippen molar-refractivity contribution in [3.8, 4) is 0 Å². The first-order valence-corrected chi connectivity index (χ1v) is 8.20. The van der Waals surface area contributed by atoms with Gasteiger partial charge in [0.1, 0.15) is 0 Å². The highest BCUT2D eigenvalue weighted by molar-refractivity contribution is 5.25. The number of rotatable bonds is 4. The summed E-state index contributed by atoms with van der Waals surface area (Å²) in [6, 6.07) is 9.39. The topological polar surface area (TPSA) is 29.3 Å². The van der Waals surface area contributed by atoms with Crippen molar-refractivity contribution in [2.24, 2.45) is 11.7 Å².